The predicted octanol–water partition coefficient (Wildman–Crippen LogP) is 2.64. The second kappa shape index (κ2) is 7.63. The molecule has 0 aromatic heterocycles. The number of morpholine rings is 1. The second-order valence-electron chi connectivity index (χ2n) is 5.61. The summed E-state index contributed by atoms with van der Waals surface area (Å²) in [5, 5.41) is 3.17. The van der Waals surface area contributed by atoms with Crippen LogP contribution in [0.25, 0.3) is 0 Å². The number of rotatable bonds is 4. The zero-order chi connectivity index (χ0) is 17.8. The molecule has 5 nitrogen and oxygen atoms in total. The number of anilines is 1. The quantitative estimate of drug-likeness (QED) is 0.909. The topological polar surface area (TPSA) is 58.6 Å². The van der Waals surface area contributed by atoms with E-state index in [9.17, 15) is 14.0 Å². The maximum atomic E-state index is 13.6. The summed E-state index contributed by atoms with van der Waals surface area (Å²) in [4.78, 5) is 25.7. The molecular formula is C18H16ClFN2O3. The fourth-order valence-corrected chi connectivity index (χ4v) is 2.77. The molecule has 130 valence electrons. The summed E-state index contributed by atoms with van der Waals surface area (Å²) in [5.41, 5.74) is 0.646. The first-order valence-electron chi connectivity index (χ1n) is 7.75. The number of carbonyl (C=O) groups excluding carboxylic acids is 2. The molecule has 0 aliphatic carbocycles. The summed E-state index contributed by atoms with van der Waals surface area (Å²) in [6.07, 6.45) is -0.396. The Labute approximate surface area is 149 Å². The molecule has 2 aromatic rings. The largest absolute Gasteiger partial charge is 0.365 e. The number of halogens is 2. The molecular weight excluding hydrogens is 347 g/mol. The van der Waals surface area contributed by atoms with Crippen molar-refractivity contribution in [1.82, 2.24) is 5.32 Å². The van der Waals surface area contributed by atoms with Crippen LogP contribution in [0.4, 0.5) is 10.1 Å². The highest BCUT2D eigenvalue weighted by Gasteiger charge is 2.28. The average Bonchev–Trinajstić information content (AvgIpc) is 2.61. The summed E-state index contributed by atoms with van der Waals surface area (Å²) in [5.74, 6) is -1.29. The summed E-state index contributed by atoms with van der Waals surface area (Å²) >= 11 is 5.97. The third-order valence-corrected chi connectivity index (χ3v) is 4.09. The third kappa shape index (κ3) is 4.15. The molecule has 1 heterocycles. The summed E-state index contributed by atoms with van der Waals surface area (Å²) < 4.78 is 19.1. The van der Waals surface area contributed by atoms with E-state index in [0.29, 0.717) is 10.7 Å². The lowest BCUT2D eigenvalue weighted by Crippen LogP contribution is -2.50. The lowest BCUT2D eigenvalue weighted by molar-refractivity contribution is -0.129. The fourth-order valence-electron chi connectivity index (χ4n) is 2.59. The SMILES string of the molecule is O=C(NCC1CN(c2cccc(Cl)c2)C(=O)CO1)c1ccccc1F. The van der Waals surface area contributed by atoms with E-state index in [1.54, 1.807) is 35.2 Å². The van der Waals surface area contributed by atoms with Gasteiger partial charge in [-0.2, -0.15) is 0 Å². The van der Waals surface area contributed by atoms with E-state index in [1.807, 2.05) is 0 Å². The molecule has 1 N–H and O–H groups in total. The minimum Gasteiger partial charge on any atom is -0.365 e. The highest BCUT2D eigenvalue weighted by molar-refractivity contribution is 6.30. The van der Waals surface area contributed by atoms with Crippen LogP contribution in [0.15, 0.2) is 48.5 Å². The van der Waals surface area contributed by atoms with Gasteiger partial charge in [0.25, 0.3) is 11.8 Å². The first kappa shape index (κ1) is 17.4. The number of ether oxygens (including phenoxy) is 1. The molecule has 7 heteroatoms. The van der Waals surface area contributed by atoms with Crippen LogP contribution in [0.1, 0.15) is 10.4 Å². The molecule has 1 unspecified atom stereocenters. The van der Waals surface area contributed by atoms with Crippen LogP contribution in [-0.2, 0) is 9.53 Å². The van der Waals surface area contributed by atoms with Crippen molar-refractivity contribution in [3.63, 3.8) is 0 Å². The number of nitrogens with zero attached hydrogens (tertiary/aromatic N) is 1. The Hall–Kier alpha value is -2.44. The molecule has 1 saturated heterocycles. The van der Waals surface area contributed by atoms with Crippen molar-refractivity contribution in [2.24, 2.45) is 0 Å². The summed E-state index contributed by atoms with van der Waals surface area (Å²) in [6.45, 7) is 0.348. The van der Waals surface area contributed by atoms with E-state index in [4.69, 9.17) is 16.3 Å². The second-order valence-corrected chi connectivity index (χ2v) is 6.04. The van der Waals surface area contributed by atoms with Gasteiger partial charge in [0.2, 0.25) is 0 Å². The van der Waals surface area contributed by atoms with Crippen molar-refractivity contribution in [1.29, 1.82) is 0 Å². The Balaban J connectivity index is 1.63. The van der Waals surface area contributed by atoms with Gasteiger partial charge >= 0.3 is 0 Å². The number of carbonyl (C=O) groups is 2. The van der Waals surface area contributed by atoms with Gasteiger partial charge in [-0.1, -0.05) is 29.8 Å². The van der Waals surface area contributed by atoms with Crippen LogP contribution in [0, 0.1) is 5.82 Å². The van der Waals surface area contributed by atoms with E-state index in [1.165, 1.54) is 18.2 Å². The van der Waals surface area contributed by atoms with Crippen LogP contribution in [0.5, 0.6) is 0 Å². The highest BCUT2D eigenvalue weighted by atomic mass is 35.5. The monoisotopic (exact) mass is 362 g/mol. The minimum atomic E-state index is -0.583. The lowest BCUT2D eigenvalue weighted by Gasteiger charge is -2.33. The highest BCUT2D eigenvalue weighted by Crippen LogP contribution is 2.22. The predicted molar refractivity (Wildman–Crippen MR) is 92.3 cm³/mol. The smallest absolute Gasteiger partial charge is 0.254 e. The molecule has 2 aromatic carbocycles. The number of amides is 2. The Morgan fingerprint density at radius 1 is 1.28 bits per heavy atom. The van der Waals surface area contributed by atoms with E-state index < -0.39 is 17.8 Å². The van der Waals surface area contributed by atoms with Crippen LogP contribution in [0.3, 0.4) is 0 Å². The van der Waals surface area contributed by atoms with Gasteiger partial charge in [-0.05, 0) is 30.3 Å². The molecule has 3 rings (SSSR count). The van der Waals surface area contributed by atoms with Gasteiger partial charge in [0.05, 0.1) is 18.2 Å². The van der Waals surface area contributed by atoms with E-state index in [0.717, 1.165) is 0 Å². The van der Waals surface area contributed by atoms with Gasteiger partial charge in [-0.3, -0.25) is 9.59 Å². The van der Waals surface area contributed by atoms with E-state index in [2.05, 4.69) is 5.32 Å². The van der Waals surface area contributed by atoms with Crippen LogP contribution in [0.2, 0.25) is 5.02 Å². The van der Waals surface area contributed by atoms with Crippen LogP contribution in [-0.4, -0.2) is 37.6 Å². The van der Waals surface area contributed by atoms with Crippen LogP contribution >= 0.6 is 11.6 Å². The number of nitrogens with one attached hydrogen (secondary N) is 1. The summed E-state index contributed by atoms with van der Waals surface area (Å²) in [6, 6.07) is 12.7. The molecule has 1 fully saturated rings. The van der Waals surface area contributed by atoms with Gasteiger partial charge in [0.1, 0.15) is 12.4 Å². The molecule has 2 amide bonds. The molecule has 0 spiro atoms. The van der Waals surface area contributed by atoms with Gasteiger partial charge in [0, 0.05) is 17.3 Å². The molecule has 1 aliphatic rings. The zero-order valence-electron chi connectivity index (χ0n) is 13.2. The Morgan fingerprint density at radius 3 is 2.84 bits per heavy atom. The number of hydrogen-bond acceptors (Lipinski definition) is 3. The van der Waals surface area contributed by atoms with Crippen LogP contribution < -0.4 is 10.2 Å². The number of benzene rings is 2. The first-order chi connectivity index (χ1) is 12.0. The summed E-state index contributed by atoms with van der Waals surface area (Å²) in [7, 11) is 0. The van der Waals surface area contributed by atoms with Gasteiger partial charge < -0.3 is 15.0 Å². The Morgan fingerprint density at radius 2 is 2.08 bits per heavy atom. The fraction of sp³-hybridized carbons (Fsp3) is 0.222. The molecule has 25 heavy (non-hydrogen) atoms. The molecule has 0 saturated carbocycles. The minimum absolute atomic E-state index is 0.0268. The Kier molecular flexibility index (Phi) is 5.31. The van der Waals surface area contributed by atoms with Gasteiger partial charge in [0.15, 0.2) is 0 Å². The van der Waals surface area contributed by atoms with E-state index in [-0.39, 0.29) is 31.2 Å². The normalized spacial score (nSPS) is 17.4. The standard InChI is InChI=1S/C18H16ClFN2O3/c19-12-4-3-5-13(8-12)22-10-14(25-11-17(22)23)9-21-18(24)15-6-1-2-7-16(15)20/h1-8,14H,9-11H2,(H,21,24). The van der Waals surface area contributed by atoms with Gasteiger partial charge in [-0.25, -0.2) is 4.39 Å². The Bertz CT molecular complexity index is 799. The number of hydrogen-bond donors (Lipinski definition) is 1. The van der Waals surface area contributed by atoms with E-state index >= 15 is 0 Å². The molecule has 0 radical (unpaired) electrons. The maximum Gasteiger partial charge on any atom is 0.254 e. The van der Waals surface area contributed by atoms with Crippen molar-refractivity contribution >= 4 is 29.1 Å². The van der Waals surface area contributed by atoms with Crippen molar-refractivity contribution in [3.8, 4) is 0 Å². The first-order valence-corrected chi connectivity index (χ1v) is 8.12. The zero-order valence-corrected chi connectivity index (χ0v) is 14.0. The molecule has 1 atom stereocenters. The van der Waals surface area contributed by atoms with Crippen molar-refractivity contribution in [3.05, 3.63) is 64.9 Å². The maximum absolute atomic E-state index is 13.6. The molecule has 1 aliphatic heterocycles. The van der Waals surface area contributed by atoms with Crippen molar-refractivity contribution in [2.75, 3.05) is 24.6 Å². The lowest BCUT2D eigenvalue weighted by atomic mass is 10.2. The van der Waals surface area contributed by atoms with Crippen molar-refractivity contribution < 1.29 is 18.7 Å². The average molecular weight is 363 g/mol. The van der Waals surface area contributed by atoms with Gasteiger partial charge in [-0.15, -0.1) is 0 Å². The van der Waals surface area contributed by atoms with Crippen molar-refractivity contribution in [2.45, 2.75) is 6.10 Å². The third-order valence-electron chi connectivity index (χ3n) is 3.86. The molecule has 0 bridgehead atoms.